The summed E-state index contributed by atoms with van der Waals surface area (Å²) in [5, 5.41) is 2.79. The summed E-state index contributed by atoms with van der Waals surface area (Å²) in [6.07, 6.45) is 0. The van der Waals surface area contributed by atoms with E-state index in [4.69, 9.17) is 14.0 Å². The van der Waals surface area contributed by atoms with E-state index >= 15 is 0 Å². The molecule has 0 aliphatic rings. The van der Waals surface area contributed by atoms with Crippen LogP contribution in [0.5, 0.6) is 11.5 Å². The van der Waals surface area contributed by atoms with Crippen LogP contribution in [0.2, 0.25) is 0 Å². The molecule has 2 heterocycles. The topological polar surface area (TPSA) is 95.1 Å². The molecule has 0 spiro atoms. The Balaban J connectivity index is 1.28. The number of rotatable bonds is 7. The van der Waals surface area contributed by atoms with Crippen LogP contribution in [0, 0.1) is 6.92 Å². The first kappa shape index (κ1) is 23.1. The number of nitrogens with zero attached hydrogens (tertiary/aromatic N) is 2. The van der Waals surface area contributed by atoms with Crippen molar-refractivity contribution in [3.63, 3.8) is 0 Å². The molecule has 1 amide bonds. The predicted molar refractivity (Wildman–Crippen MR) is 129 cm³/mol. The minimum atomic E-state index is -0.304. The quantitative estimate of drug-likeness (QED) is 0.436. The fraction of sp³-hybridized carbons (Fsp3) is 0.269. The van der Waals surface area contributed by atoms with Gasteiger partial charge < -0.3 is 19.3 Å². The Kier molecular flexibility index (Phi) is 6.40. The minimum Gasteiger partial charge on any atom is -0.487 e. The van der Waals surface area contributed by atoms with Crippen molar-refractivity contribution in [2.75, 3.05) is 11.9 Å². The Labute approximate surface area is 197 Å². The largest absolute Gasteiger partial charge is 0.487 e. The molecule has 4 aromatic rings. The zero-order chi connectivity index (χ0) is 24.3. The Morgan fingerprint density at radius 3 is 2.32 bits per heavy atom. The molecule has 4 rings (SSSR count). The third-order valence-corrected chi connectivity index (χ3v) is 5.14. The first-order valence-corrected chi connectivity index (χ1v) is 10.9. The standard InChI is InChI=1S/C26H27N3O5/c1-17-13-23-27-20(14-25(31)29(23)34-17)15-32-22-11-7-19(8-12-22)28-24(30)16-33-21-9-5-18(6-10-21)26(2,3)4/h5-14H,15-16H2,1-4H3,(H,28,30). The van der Waals surface area contributed by atoms with Gasteiger partial charge in [0.05, 0.1) is 5.69 Å². The number of carbonyl (C=O) groups is 1. The van der Waals surface area contributed by atoms with Crippen molar-refractivity contribution in [3.05, 3.63) is 88.0 Å². The Morgan fingerprint density at radius 1 is 1.00 bits per heavy atom. The molecule has 2 aromatic carbocycles. The highest BCUT2D eigenvalue weighted by atomic mass is 16.5. The molecule has 8 nitrogen and oxygen atoms in total. The fourth-order valence-electron chi connectivity index (χ4n) is 3.34. The summed E-state index contributed by atoms with van der Waals surface area (Å²) in [4.78, 5) is 28.7. The van der Waals surface area contributed by atoms with E-state index in [1.54, 1.807) is 37.3 Å². The molecule has 176 valence electrons. The zero-order valence-electron chi connectivity index (χ0n) is 19.6. The lowest BCUT2D eigenvalue weighted by atomic mass is 9.87. The molecule has 34 heavy (non-hydrogen) atoms. The van der Waals surface area contributed by atoms with Crippen molar-refractivity contribution in [2.45, 2.75) is 39.7 Å². The van der Waals surface area contributed by atoms with Gasteiger partial charge in [0.2, 0.25) is 0 Å². The molecule has 0 bridgehead atoms. The fourth-order valence-corrected chi connectivity index (χ4v) is 3.34. The predicted octanol–water partition coefficient (Wildman–Crippen LogP) is 4.49. The molecule has 0 saturated heterocycles. The monoisotopic (exact) mass is 461 g/mol. The zero-order valence-corrected chi connectivity index (χ0v) is 19.6. The maximum Gasteiger partial charge on any atom is 0.287 e. The van der Waals surface area contributed by atoms with Gasteiger partial charge in [0.1, 0.15) is 23.9 Å². The van der Waals surface area contributed by atoms with Crippen LogP contribution in [0.1, 0.15) is 37.8 Å². The van der Waals surface area contributed by atoms with Crippen molar-refractivity contribution in [3.8, 4) is 11.5 Å². The van der Waals surface area contributed by atoms with Crippen LogP contribution in [-0.2, 0) is 16.8 Å². The summed E-state index contributed by atoms with van der Waals surface area (Å²) >= 11 is 0. The second-order valence-corrected chi connectivity index (χ2v) is 9.01. The van der Waals surface area contributed by atoms with Gasteiger partial charge in [0.25, 0.3) is 11.5 Å². The number of amides is 1. The summed E-state index contributed by atoms with van der Waals surface area (Å²) in [5.74, 6) is 1.56. The van der Waals surface area contributed by atoms with Gasteiger partial charge in [-0.1, -0.05) is 32.9 Å². The summed E-state index contributed by atoms with van der Waals surface area (Å²) in [6, 6.07) is 17.7. The maximum atomic E-state index is 12.2. The average molecular weight is 462 g/mol. The average Bonchev–Trinajstić information content (AvgIpc) is 3.18. The molecule has 2 aromatic heterocycles. The summed E-state index contributed by atoms with van der Waals surface area (Å²) in [6.45, 7) is 8.22. The number of hydrogen-bond donors (Lipinski definition) is 1. The Bertz CT molecular complexity index is 1350. The van der Waals surface area contributed by atoms with Crippen molar-refractivity contribution in [1.82, 2.24) is 9.56 Å². The van der Waals surface area contributed by atoms with E-state index in [1.165, 1.54) is 11.6 Å². The van der Waals surface area contributed by atoms with Gasteiger partial charge in [-0.2, -0.15) is 0 Å². The van der Waals surface area contributed by atoms with Crippen molar-refractivity contribution >= 4 is 17.2 Å². The second kappa shape index (κ2) is 9.43. The number of anilines is 1. The van der Waals surface area contributed by atoms with Gasteiger partial charge >= 0.3 is 0 Å². The van der Waals surface area contributed by atoms with Crippen molar-refractivity contribution in [2.24, 2.45) is 0 Å². The lowest BCUT2D eigenvalue weighted by Gasteiger charge is -2.19. The number of fused-ring (bicyclic) bond motifs is 1. The van der Waals surface area contributed by atoms with Gasteiger partial charge in [-0.05, 0) is 54.3 Å². The van der Waals surface area contributed by atoms with E-state index < -0.39 is 0 Å². The highest BCUT2D eigenvalue weighted by Crippen LogP contribution is 2.24. The van der Waals surface area contributed by atoms with E-state index in [-0.39, 0.29) is 30.1 Å². The lowest BCUT2D eigenvalue weighted by molar-refractivity contribution is -0.118. The highest BCUT2D eigenvalue weighted by Gasteiger charge is 2.13. The number of hydrogen-bond acceptors (Lipinski definition) is 6. The van der Waals surface area contributed by atoms with Crippen molar-refractivity contribution < 1.29 is 18.8 Å². The molecule has 0 radical (unpaired) electrons. The smallest absolute Gasteiger partial charge is 0.287 e. The second-order valence-electron chi connectivity index (χ2n) is 9.01. The van der Waals surface area contributed by atoms with Gasteiger partial charge in [-0.15, -0.1) is 4.57 Å². The third kappa shape index (κ3) is 5.64. The van der Waals surface area contributed by atoms with Gasteiger partial charge in [-0.25, -0.2) is 4.98 Å². The summed E-state index contributed by atoms with van der Waals surface area (Å²) < 4.78 is 17.7. The van der Waals surface area contributed by atoms with Crippen LogP contribution in [0.4, 0.5) is 5.69 Å². The molecule has 0 atom stereocenters. The van der Waals surface area contributed by atoms with Crippen LogP contribution in [0.3, 0.4) is 0 Å². The molecular weight excluding hydrogens is 434 g/mol. The first-order chi connectivity index (χ1) is 16.2. The summed E-state index contributed by atoms with van der Waals surface area (Å²) in [5.41, 5.74) is 2.52. The number of ether oxygens (including phenoxy) is 2. The van der Waals surface area contributed by atoms with Gasteiger partial charge in [-0.3, -0.25) is 9.59 Å². The van der Waals surface area contributed by atoms with Gasteiger partial charge in [0, 0.05) is 17.8 Å². The molecule has 0 saturated carbocycles. The highest BCUT2D eigenvalue weighted by molar-refractivity contribution is 5.91. The van der Waals surface area contributed by atoms with Crippen LogP contribution < -0.4 is 20.3 Å². The van der Waals surface area contributed by atoms with Crippen LogP contribution in [-0.4, -0.2) is 22.1 Å². The number of nitrogens with one attached hydrogen (secondary N) is 1. The number of carbonyl (C=O) groups excluding carboxylic acids is 1. The molecule has 0 aliphatic heterocycles. The Hall–Kier alpha value is -4.07. The number of benzene rings is 2. The Morgan fingerprint density at radius 2 is 1.65 bits per heavy atom. The SMILES string of the molecule is Cc1cc2nc(COc3ccc(NC(=O)COc4ccc(C(C)(C)C)cc4)cc3)cc(=O)n2o1. The van der Waals surface area contributed by atoms with E-state index in [2.05, 4.69) is 31.1 Å². The third-order valence-electron chi connectivity index (χ3n) is 5.14. The minimum absolute atomic E-state index is 0.0624. The van der Waals surface area contributed by atoms with Gasteiger partial charge in [0.15, 0.2) is 12.3 Å². The molecule has 0 aliphatic carbocycles. The van der Waals surface area contributed by atoms with Crippen molar-refractivity contribution in [1.29, 1.82) is 0 Å². The summed E-state index contributed by atoms with van der Waals surface area (Å²) in [7, 11) is 0. The molecule has 8 heteroatoms. The maximum absolute atomic E-state index is 12.2. The van der Waals surface area contributed by atoms with E-state index in [0.717, 1.165) is 4.57 Å². The first-order valence-electron chi connectivity index (χ1n) is 10.9. The molecule has 0 fully saturated rings. The molecular formula is C26H27N3O5. The van der Waals surface area contributed by atoms with Crippen LogP contribution in [0.25, 0.3) is 5.65 Å². The molecule has 0 unspecified atom stereocenters. The lowest BCUT2D eigenvalue weighted by Crippen LogP contribution is -2.20. The van der Waals surface area contributed by atoms with Crippen LogP contribution in [0.15, 0.2) is 70.0 Å². The number of aryl methyl sites for hydroxylation is 1. The van der Waals surface area contributed by atoms with Crippen LogP contribution >= 0.6 is 0 Å². The normalized spacial score (nSPS) is 11.4. The number of aromatic nitrogens is 2. The van der Waals surface area contributed by atoms with E-state index in [0.29, 0.717) is 34.3 Å². The molecule has 1 N–H and O–H groups in total. The van der Waals surface area contributed by atoms with E-state index in [9.17, 15) is 9.59 Å². The van der Waals surface area contributed by atoms with E-state index in [1.807, 2.05) is 24.3 Å².